The summed E-state index contributed by atoms with van der Waals surface area (Å²) in [5.74, 6) is 1.01. The number of para-hydroxylation sites is 5. The van der Waals surface area contributed by atoms with Crippen molar-refractivity contribution in [1.82, 2.24) is 18.7 Å². The van der Waals surface area contributed by atoms with Gasteiger partial charge in [-0.25, -0.2) is 4.98 Å². The van der Waals surface area contributed by atoms with Crippen molar-refractivity contribution in [2.24, 2.45) is 0 Å². The van der Waals surface area contributed by atoms with Crippen LogP contribution in [0.4, 0.5) is 0 Å². The van der Waals surface area contributed by atoms with Crippen LogP contribution in [0.25, 0.3) is 99.8 Å². The summed E-state index contributed by atoms with van der Waals surface area (Å²) in [6.45, 7) is 6.25. The number of aromatic nitrogens is 5. The minimum Gasteiger partial charge on any atom is -0.510 e. The average molecular weight is 1110 g/mol. The molecular weight excluding hydrogens is 1050 g/mol. The Morgan fingerprint density at radius 2 is 1.20 bits per heavy atom. The van der Waals surface area contributed by atoms with E-state index in [1.807, 2.05) is 28.8 Å². The maximum Gasteiger partial charge on any atom is 0.268 e. The number of ether oxygens (including phenoxy) is 1. The fourth-order valence-electron chi connectivity index (χ4n) is 9.14. The van der Waals surface area contributed by atoms with Crippen LogP contribution in [0, 0.1) is 18.5 Å². The summed E-state index contributed by atoms with van der Waals surface area (Å²) in [7, 11) is 0. The zero-order valence-corrected chi connectivity index (χ0v) is 40.1. The number of fused-ring (bicyclic) bond motifs is 7. The van der Waals surface area contributed by atoms with Crippen molar-refractivity contribution in [3.63, 3.8) is 0 Å². The van der Waals surface area contributed by atoms with Crippen molar-refractivity contribution in [2.75, 3.05) is 0 Å². The summed E-state index contributed by atoms with van der Waals surface area (Å²) in [5.41, 5.74) is 3.44. The van der Waals surface area contributed by atoms with Crippen molar-refractivity contribution < 1.29 is 55.0 Å². The van der Waals surface area contributed by atoms with E-state index >= 15 is 0 Å². The monoisotopic (exact) mass is 1110 g/mol. The molecule has 0 spiro atoms. The topological polar surface area (TPSA) is 40.8 Å². The Morgan fingerprint density at radius 3 is 1.90 bits per heavy atom. The van der Waals surface area contributed by atoms with Crippen LogP contribution in [0.15, 0.2) is 218 Å². The molecule has 0 fully saturated rings. The van der Waals surface area contributed by atoms with E-state index in [4.69, 9.17) is 34.4 Å². The van der Waals surface area contributed by atoms with Crippen molar-refractivity contribution in [3.8, 4) is 56.6 Å². The van der Waals surface area contributed by atoms with Crippen LogP contribution in [0.5, 0.6) is 11.5 Å². The zero-order chi connectivity index (χ0) is 62.6. The van der Waals surface area contributed by atoms with E-state index in [0.717, 1.165) is 5.56 Å². The first-order chi connectivity index (χ1) is 41.8. The molecule has 0 aliphatic carbocycles. The van der Waals surface area contributed by atoms with Crippen LogP contribution in [-0.4, -0.2) is 18.7 Å². The molecule has 0 atom stereocenters. The third kappa shape index (κ3) is 7.54. The molecule has 0 radical (unpaired) electrons. The fraction of sp³-hybridized carbons (Fsp3) is 0.0625. The number of pyridine rings is 1. The van der Waals surface area contributed by atoms with E-state index < -0.39 is 109 Å². The number of hydrogen-bond donors (Lipinski definition) is 0. The standard InChI is InChI=1S/C64H45N5O.Pt/c1-64(2,3)45-36-37-65-62(38-45)69-58-35-32-47(68-56-28-12-10-24-52(56)53-25-11-13-29-57(53)68)40-55(58)54-34-33-49(41-61(54)69)70-48-23-16-22-46(39-48)66-42-67(60-31-15-14-30-59(60)66)63-50(43-18-6-4-7-19-43)26-17-27-51(63)44-20-8-5-9-21-44;/h4-38,40H,1-3H3;/q-2;/i4D,5D,6D,7D,8D,9D,10D,11D,12D,13D,18D,19D,20D,21D,24D,25D,28D,29D;. The Bertz CT molecular complexity index is 5020. The predicted octanol–water partition coefficient (Wildman–Crippen LogP) is 15.3. The molecule has 0 aliphatic heterocycles. The Morgan fingerprint density at radius 1 is 0.549 bits per heavy atom. The molecule has 0 unspecified atom stereocenters. The van der Waals surface area contributed by atoms with Gasteiger partial charge in [0, 0.05) is 60.7 Å². The summed E-state index contributed by atoms with van der Waals surface area (Å²) >= 11 is 0. The first kappa shape index (κ1) is 28.4. The Balaban J connectivity index is 0.00000769. The molecule has 0 amide bonds. The summed E-state index contributed by atoms with van der Waals surface area (Å²) < 4.78 is 171. The molecule has 4 heterocycles. The molecule has 0 N–H and O–H groups in total. The Labute approximate surface area is 451 Å². The van der Waals surface area contributed by atoms with Crippen LogP contribution >= 0.6 is 0 Å². The smallest absolute Gasteiger partial charge is 0.268 e. The summed E-state index contributed by atoms with van der Waals surface area (Å²) in [5, 5.41) is 1.19. The minimum atomic E-state index is -0.614. The Kier molecular flexibility index (Phi) is 7.03. The summed E-state index contributed by atoms with van der Waals surface area (Å²) in [4.78, 5) is 4.85. The third-order valence-corrected chi connectivity index (χ3v) is 12.3. The van der Waals surface area contributed by atoms with Crippen LogP contribution in [-0.2, 0) is 26.5 Å². The van der Waals surface area contributed by atoms with Crippen molar-refractivity contribution in [1.29, 1.82) is 0 Å². The number of rotatable bonds is 8. The van der Waals surface area contributed by atoms with E-state index in [9.17, 15) is 0 Å². The van der Waals surface area contributed by atoms with Gasteiger partial charge in [-0.2, -0.15) is 18.2 Å². The number of hydrogen-bond acceptors (Lipinski definition) is 2. The molecule has 6 nitrogen and oxygen atoms in total. The van der Waals surface area contributed by atoms with Gasteiger partial charge in [0.15, 0.2) is 0 Å². The first-order valence-corrected chi connectivity index (χ1v) is 22.2. The number of imidazole rings is 1. The molecule has 9 aromatic carbocycles. The molecule has 0 bridgehead atoms. The summed E-state index contributed by atoms with van der Waals surface area (Å²) in [6.07, 6.45) is 5.09. The van der Waals surface area contributed by atoms with Crippen molar-refractivity contribution in [2.45, 2.75) is 26.2 Å². The van der Waals surface area contributed by atoms with Crippen molar-refractivity contribution >= 4 is 54.6 Å². The third-order valence-electron chi connectivity index (χ3n) is 12.3. The molecule has 0 saturated heterocycles. The molecule has 71 heavy (non-hydrogen) atoms. The molecular formula is C64H45N5OPt-2. The van der Waals surface area contributed by atoms with Gasteiger partial charge in [0.2, 0.25) is 0 Å². The molecule has 0 saturated carbocycles. The van der Waals surface area contributed by atoms with Crippen LogP contribution < -0.4 is 9.30 Å². The second-order valence-corrected chi connectivity index (χ2v) is 17.5. The quantitative estimate of drug-likeness (QED) is 0.112. The van der Waals surface area contributed by atoms with Gasteiger partial charge in [-0.15, -0.1) is 29.7 Å². The predicted molar refractivity (Wildman–Crippen MR) is 284 cm³/mol. The van der Waals surface area contributed by atoms with Crippen LogP contribution in [0.3, 0.4) is 0 Å². The number of nitrogens with zero attached hydrogens (tertiary/aromatic N) is 5. The molecule has 7 heteroatoms. The van der Waals surface area contributed by atoms with E-state index in [-0.39, 0.29) is 87.7 Å². The SMILES string of the molecule is [2H]c1c([2H])c([2H])c(-c2cccc(-c3c([2H])c([2H])c([2H])c([2H])c3[2H])c2-[n+]2[c-]n(-c3[c-]c(Oc4[c-]c5c(cc4)c4cc(-n6c7c([2H])c([2H])c([2H])c([2H])c7c7c([2H])c([2H])c([2H])c([2H])c76)ccc4n5-c4cc(C(C)(C)C)ccn4)ccc3)c3ccccc32)c([2H])c1[2H].[Pt]. The normalized spacial score (nSPS) is 15.3. The minimum absolute atomic E-state index is 0. The van der Waals surface area contributed by atoms with Crippen LogP contribution in [0.1, 0.15) is 51.0 Å². The second-order valence-electron chi connectivity index (χ2n) is 17.5. The molecule has 13 rings (SSSR count). The Hall–Kier alpha value is -8.31. The van der Waals surface area contributed by atoms with Gasteiger partial charge in [-0.1, -0.05) is 165 Å². The molecule has 13 aromatic rings. The van der Waals surface area contributed by atoms with E-state index in [0.29, 0.717) is 50.0 Å². The number of benzene rings is 9. The molecule has 344 valence electrons. The van der Waals surface area contributed by atoms with Gasteiger partial charge >= 0.3 is 0 Å². The van der Waals surface area contributed by atoms with Gasteiger partial charge < -0.3 is 18.4 Å². The van der Waals surface area contributed by atoms with Crippen molar-refractivity contribution in [3.05, 3.63) is 242 Å². The first-order valence-electron chi connectivity index (χ1n) is 31.2. The fourth-order valence-corrected chi connectivity index (χ4v) is 9.14. The van der Waals surface area contributed by atoms with Gasteiger partial charge in [-0.3, -0.25) is 4.57 Å². The van der Waals surface area contributed by atoms with Gasteiger partial charge in [0.05, 0.1) is 52.4 Å². The molecule has 0 aliphatic rings. The average Bonchev–Trinajstić information content (AvgIpc) is 1.59. The summed E-state index contributed by atoms with van der Waals surface area (Å²) in [6, 6.07) is 26.9. The maximum atomic E-state index is 9.14. The van der Waals surface area contributed by atoms with Gasteiger partial charge in [-0.05, 0) is 86.7 Å². The second kappa shape index (κ2) is 17.6. The van der Waals surface area contributed by atoms with Crippen LogP contribution in [0.2, 0.25) is 0 Å². The molecule has 4 aromatic heterocycles. The zero-order valence-electron chi connectivity index (χ0n) is 55.9. The van der Waals surface area contributed by atoms with Gasteiger partial charge in [0.25, 0.3) is 6.33 Å². The largest absolute Gasteiger partial charge is 0.510 e. The maximum absolute atomic E-state index is 9.14. The van der Waals surface area contributed by atoms with Gasteiger partial charge in [0.1, 0.15) is 5.82 Å². The van der Waals surface area contributed by atoms with E-state index in [1.54, 1.807) is 88.1 Å². The van der Waals surface area contributed by atoms with E-state index in [2.05, 4.69) is 39.2 Å². The van der Waals surface area contributed by atoms with E-state index in [1.165, 1.54) is 10.6 Å².